The summed E-state index contributed by atoms with van der Waals surface area (Å²) in [4.78, 5) is 4.29. The van der Waals surface area contributed by atoms with E-state index in [1.54, 1.807) is 6.20 Å². The number of rotatable bonds is 3. The topological polar surface area (TPSA) is 34.2 Å². The van der Waals surface area contributed by atoms with Gasteiger partial charge in [0.1, 0.15) is 5.54 Å². The highest BCUT2D eigenvalue weighted by Gasteiger charge is 2.47. The summed E-state index contributed by atoms with van der Waals surface area (Å²) < 4.78 is 46.0. The van der Waals surface area contributed by atoms with Crippen molar-refractivity contribution < 1.29 is 17.9 Å². The molecular formula is C19H14ClF3N2O. The summed E-state index contributed by atoms with van der Waals surface area (Å²) in [5.41, 5.74) is -0.290. The van der Waals surface area contributed by atoms with Gasteiger partial charge < -0.3 is 10.1 Å². The van der Waals surface area contributed by atoms with E-state index in [1.165, 1.54) is 18.2 Å². The molecule has 1 aliphatic rings. The minimum absolute atomic E-state index is 0.0878. The highest BCUT2D eigenvalue weighted by atomic mass is 35.5. The van der Waals surface area contributed by atoms with Crippen molar-refractivity contribution in [2.75, 3.05) is 18.5 Å². The molecule has 4 rings (SSSR count). The zero-order chi connectivity index (χ0) is 18.4. The highest BCUT2D eigenvalue weighted by molar-refractivity contribution is 6.31. The lowest BCUT2D eigenvalue weighted by atomic mass is 9.84. The molecule has 0 amide bonds. The predicted molar refractivity (Wildman–Crippen MR) is 94.3 cm³/mol. The molecule has 26 heavy (non-hydrogen) atoms. The minimum atomic E-state index is -4.55. The molecule has 1 fully saturated rings. The zero-order valence-corrected chi connectivity index (χ0v) is 14.2. The van der Waals surface area contributed by atoms with Gasteiger partial charge in [-0.25, -0.2) is 0 Å². The standard InChI is InChI=1S/C19H14ClF3N2O/c20-15-5-1-4-14(17(15)19(21,22)23)18(10-26-11-18)25-13-7-6-12-3-2-8-24-16(12)9-13/h1-9,25H,10-11H2. The molecular weight excluding hydrogens is 365 g/mol. The number of hydrogen-bond donors (Lipinski definition) is 1. The Hall–Kier alpha value is -2.31. The van der Waals surface area contributed by atoms with Crippen LogP contribution in [0.25, 0.3) is 10.9 Å². The van der Waals surface area contributed by atoms with Crippen LogP contribution < -0.4 is 5.32 Å². The molecule has 0 radical (unpaired) electrons. The Morgan fingerprint density at radius 3 is 2.58 bits per heavy atom. The quantitative estimate of drug-likeness (QED) is 0.676. The molecule has 0 spiro atoms. The largest absolute Gasteiger partial charge is 0.418 e. The highest BCUT2D eigenvalue weighted by Crippen LogP contribution is 2.44. The maximum absolute atomic E-state index is 13.6. The van der Waals surface area contributed by atoms with Crippen molar-refractivity contribution in [3.8, 4) is 0 Å². The van der Waals surface area contributed by atoms with Crippen molar-refractivity contribution in [2.24, 2.45) is 0 Å². The Kier molecular flexibility index (Phi) is 4.04. The number of hydrogen-bond acceptors (Lipinski definition) is 3. The van der Waals surface area contributed by atoms with Crippen LogP contribution in [-0.4, -0.2) is 18.2 Å². The lowest BCUT2D eigenvalue weighted by molar-refractivity contribution is -0.140. The number of nitrogens with zero attached hydrogens (tertiary/aromatic N) is 1. The molecule has 2 heterocycles. The molecule has 0 saturated carbocycles. The van der Waals surface area contributed by atoms with E-state index >= 15 is 0 Å². The first-order valence-corrected chi connectivity index (χ1v) is 8.34. The second-order valence-electron chi connectivity index (χ2n) is 6.27. The van der Waals surface area contributed by atoms with Crippen LogP contribution in [0.1, 0.15) is 11.1 Å². The van der Waals surface area contributed by atoms with Crippen LogP contribution in [0.15, 0.2) is 54.7 Å². The van der Waals surface area contributed by atoms with E-state index in [1.807, 2.05) is 30.3 Å². The molecule has 0 aliphatic carbocycles. The second kappa shape index (κ2) is 6.14. The molecule has 2 aromatic carbocycles. The summed E-state index contributed by atoms with van der Waals surface area (Å²) in [6.07, 6.45) is -2.88. The molecule has 1 saturated heterocycles. The summed E-state index contributed by atoms with van der Waals surface area (Å²) in [6.45, 7) is 0.243. The number of ether oxygens (including phenoxy) is 1. The molecule has 0 atom stereocenters. The molecule has 0 bridgehead atoms. The Morgan fingerprint density at radius 2 is 1.88 bits per heavy atom. The van der Waals surface area contributed by atoms with Crippen LogP contribution in [-0.2, 0) is 16.5 Å². The Balaban J connectivity index is 1.78. The van der Waals surface area contributed by atoms with Gasteiger partial charge in [0.2, 0.25) is 0 Å². The van der Waals surface area contributed by atoms with Gasteiger partial charge in [0.05, 0.1) is 29.3 Å². The lowest BCUT2D eigenvalue weighted by Crippen LogP contribution is -2.53. The van der Waals surface area contributed by atoms with Crippen LogP contribution in [0.4, 0.5) is 18.9 Å². The summed E-state index contributed by atoms with van der Waals surface area (Å²) in [5, 5.41) is 3.85. The fourth-order valence-electron chi connectivity index (χ4n) is 3.23. The summed E-state index contributed by atoms with van der Waals surface area (Å²) in [7, 11) is 0. The third-order valence-corrected chi connectivity index (χ3v) is 4.81. The molecule has 0 unspecified atom stereocenters. The van der Waals surface area contributed by atoms with Crippen LogP contribution in [0.3, 0.4) is 0 Å². The Labute approximate surface area is 152 Å². The molecule has 1 N–H and O–H groups in total. The number of alkyl halides is 3. The number of pyridine rings is 1. The normalized spacial score (nSPS) is 16.3. The predicted octanol–water partition coefficient (Wildman–Crippen LogP) is 5.24. The molecule has 3 aromatic rings. The third kappa shape index (κ3) is 2.89. The lowest BCUT2D eigenvalue weighted by Gasteiger charge is -2.44. The van der Waals surface area contributed by atoms with E-state index in [0.717, 1.165) is 10.9 Å². The van der Waals surface area contributed by atoms with Crippen LogP contribution in [0.2, 0.25) is 5.02 Å². The number of benzene rings is 2. The number of fused-ring (bicyclic) bond motifs is 1. The fraction of sp³-hybridized carbons (Fsp3) is 0.211. The maximum atomic E-state index is 13.6. The van der Waals surface area contributed by atoms with E-state index < -0.39 is 17.3 Å². The van der Waals surface area contributed by atoms with Gasteiger partial charge in [-0.2, -0.15) is 13.2 Å². The van der Waals surface area contributed by atoms with Crippen molar-refractivity contribution in [2.45, 2.75) is 11.7 Å². The second-order valence-corrected chi connectivity index (χ2v) is 6.68. The molecule has 7 heteroatoms. The maximum Gasteiger partial charge on any atom is 0.418 e. The van der Waals surface area contributed by atoms with Crippen LogP contribution >= 0.6 is 11.6 Å². The van der Waals surface area contributed by atoms with E-state index in [0.29, 0.717) is 5.69 Å². The van der Waals surface area contributed by atoms with Gasteiger partial charge in [0.15, 0.2) is 0 Å². The number of nitrogens with one attached hydrogen (secondary N) is 1. The summed E-state index contributed by atoms with van der Waals surface area (Å²) in [5.74, 6) is 0. The number of halogens is 4. The van der Waals surface area contributed by atoms with Crippen molar-refractivity contribution in [3.05, 3.63) is 70.9 Å². The molecule has 134 valence electrons. The summed E-state index contributed by atoms with van der Waals surface area (Å²) >= 11 is 5.88. The van der Waals surface area contributed by atoms with Gasteiger partial charge >= 0.3 is 6.18 Å². The van der Waals surface area contributed by atoms with Gasteiger partial charge in [-0.1, -0.05) is 35.9 Å². The van der Waals surface area contributed by atoms with E-state index in [4.69, 9.17) is 16.3 Å². The molecule has 1 aliphatic heterocycles. The first kappa shape index (κ1) is 17.1. The van der Waals surface area contributed by atoms with Crippen molar-refractivity contribution >= 4 is 28.2 Å². The average molecular weight is 379 g/mol. The van der Waals surface area contributed by atoms with Crippen LogP contribution in [0, 0.1) is 0 Å². The minimum Gasteiger partial charge on any atom is -0.376 e. The van der Waals surface area contributed by atoms with Crippen molar-refractivity contribution in [1.82, 2.24) is 4.98 Å². The fourth-order valence-corrected chi connectivity index (χ4v) is 3.51. The van der Waals surface area contributed by atoms with E-state index in [9.17, 15) is 13.2 Å². The van der Waals surface area contributed by atoms with Crippen molar-refractivity contribution in [3.63, 3.8) is 0 Å². The first-order chi connectivity index (χ1) is 12.4. The van der Waals surface area contributed by atoms with Gasteiger partial charge in [0, 0.05) is 17.3 Å². The van der Waals surface area contributed by atoms with Gasteiger partial charge in [0.25, 0.3) is 0 Å². The average Bonchev–Trinajstić information content (AvgIpc) is 2.56. The Bertz CT molecular complexity index is 970. The van der Waals surface area contributed by atoms with Gasteiger partial charge in [-0.15, -0.1) is 0 Å². The number of anilines is 1. The van der Waals surface area contributed by atoms with Gasteiger partial charge in [-0.05, 0) is 29.8 Å². The van der Waals surface area contributed by atoms with E-state index in [2.05, 4.69) is 10.3 Å². The summed E-state index contributed by atoms with van der Waals surface area (Å²) in [6, 6.07) is 13.5. The SMILES string of the molecule is FC(F)(F)c1c(Cl)cccc1C1(Nc2ccc3cccnc3c2)COC1. The van der Waals surface area contributed by atoms with Crippen molar-refractivity contribution in [1.29, 1.82) is 0 Å². The van der Waals surface area contributed by atoms with Gasteiger partial charge in [-0.3, -0.25) is 4.98 Å². The Morgan fingerprint density at radius 1 is 1.08 bits per heavy atom. The number of aromatic nitrogens is 1. The molecule has 3 nitrogen and oxygen atoms in total. The monoisotopic (exact) mass is 378 g/mol. The third-order valence-electron chi connectivity index (χ3n) is 4.50. The van der Waals surface area contributed by atoms with Crippen LogP contribution in [0.5, 0.6) is 0 Å². The zero-order valence-electron chi connectivity index (χ0n) is 13.5. The van der Waals surface area contributed by atoms with E-state index in [-0.39, 0.29) is 23.8 Å². The first-order valence-electron chi connectivity index (χ1n) is 7.96. The smallest absolute Gasteiger partial charge is 0.376 e. The molecule has 1 aromatic heterocycles.